The minimum absolute atomic E-state index is 0.0202. The molecule has 1 fully saturated rings. The fourth-order valence-corrected chi connectivity index (χ4v) is 2.39. The monoisotopic (exact) mass is 289 g/mol. The number of ketones is 2. The second kappa shape index (κ2) is 4.80. The molecule has 6 heteroatoms. The Hall–Kier alpha value is -2.50. The van der Waals surface area contributed by atoms with E-state index in [1.807, 2.05) is 0 Å². The quantitative estimate of drug-likeness (QED) is 0.627. The fourth-order valence-electron chi connectivity index (χ4n) is 2.39. The van der Waals surface area contributed by atoms with Gasteiger partial charge in [0.05, 0.1) is 24.7 Å². The van der Waals surface area contributed by atoms with E-state index in [4.69, 9.17) is 11.2 Å². The van der Waals surface area contributed by atoms with Crippen LogP contribution in [0.5, 0.6) is 0 Å². The van der Waals surface area contributed by atoms with Gasteiger partial charge in [0.15, 0.2) is 5.78 Å². The highest BCUT2D eigenvalue weighted by molar-refractivity contribution is 6.03. The molecule has 1 aliphatic carbocycles. The average molecular weight is 289 g/mol. The number of aromatic nitrogens is 2. The molecule has 0 spiro atoms. The molecule has 0 aliphatic heterocycles. The second-order valence-electron chi connectivity index (χ2n) is 4.77. The van der Waals surface area contributed by atoms with Crippen molar-refractivity contribution in [1.29, 1.82) is 0 Å². The number of nitrogen functional groups attached to an aromatic ring is 1. The van der Waals surface area contributed by atoms with Gasteiger partial charge in [-0.15, -0.1) is 0 Å². The van der Waals surface area contributed by atoms with E-state index in [1.165, 1.54) is 12.1 Å². The van der Waals surface area contributed by atoms with Crippen LogP contribution in [-0.4, -0.2) is 21.1 Å². The van der Waals surface area contributed by atoms with Crippen molar-refractivity contribution in [2.45, 2.75) is 32.2 Å². The van der Waals surface area contributed by atoms with Crippen LogP contribution in [0, 0.1) is 6.90 Å². The van der Waals surface area contributed by atoms with Crippen LogP contribution in [0.3, 0.4) is 0 Å². The van der Waals surface area contributed by atoms with Crippen molar-refractivity contribution >= 4 is 28.2 Å². The van der Waals surface area contributed by atoms with Crippen molar-refractivity contribution in [3.05, 3.63) is 34.4 Å². The molecule has 3 rings (SSSR count). The van der Waals surface area contributed by atoms with Gasteiger partial charge in [-0.1, -0.05) is 6.07 Å². The number of rotatable bonds is 1. The molecule has 3 unspecified atom stereocenters. The zero-order valence-corrected chi connectivity index (χ0v) is 11.0. The Morgan fingerprint density at radius 3 is 3.10 bits per heavy atom. The molecule has 0 radical (unpaired) electrons. The molecule has 2 N–H and O–H groups in total. The van der Waals surface area contributed by atoms with E-state index in [-0.39, 0.29) is 28.5 Å². The Morgan fingerprint density at radius 1 is 1.52 bits per heavy atom. The van der Waals surface area contributed by atoms with Gasteiger partial charge in [-0.2, -0.15) is 0 Å². The van der Waals surface area contributed by atoms with Crippen molar-refractivity contribution in [3.63, 3.8) is 0 Å². The van der Waals surface area contributed by atoms with Crippen LogP contribution in [0.1, 0.15) is 36.6 Å². The van der Waals surface area contributed by atoms with E-state index < -0.39 is 49.3 Å². The second-order valence-corrected chi connectivity index (χ2v) is 4.77. The zero-order chi connectivity index (χ0) is 18.5. The highest BCUT2D eigenvalue weighted by atomic mass is 16.2. The number of fused-ring (bicyclic) bond motifs is 1. The number of nitrogens with zero attached hydrogens (tertiary/aromatic N) is 2. The van der Waals surface area contributed by atoms with Gasteiger partial charge in [0.1, 0.15) is 11.6 Å². The number of aryl methyl sites for hydroxylation is 1. The molecule has 1 aliphatic rings. The molecule has 6 nitrogen and oxygen atoms in total. The third-order valence-corrected chi connectivity index (χ3v) is 3.38. The molecule has 21 heavy (non-hydrogen) atoms. The summed E-state index contributed by atoms with van der Waals surface area (Å²) in [6.45, 7) is -0.466. The normalized spacial score (nSPS) is 28.9. The summed E-state index contributed by atoms with van der Waals surface area (Å²) in [5, 5.41) is -0.0665. The zero-order valence-electron chi connectivity index (χ0n) is 15.0. The summed E-state index contributed by atoms with van der Waals surface area (Å²) in [7, 11) is 0. The Balaban J connectivity index is 2.34. The molecule has 0 bridgehead atoms. The molecule has 3 atom stereocenters. The smallest absolute Gasteiger partial charge is 0.264 e. The maximum absolute atomic E-state index is 13.0. The number of hydrogen-bond acceptors (Lipinski definition) is 5. The number of carbonyl (C=O) groups excluding carboxylic acids is 2. The topological polar surface area (TPSA) is 95.0 Å². The minimum Gasteiger partial charge on any atom is -0.398 e. The Bertz CT molecular complexity index is 959. The van der Waals surface area contributed by atoms with E-state index in [0.717, 1.165) is 4.57 Å². The molecule has 108 valence electrons. The highest BCUT2D eigenvalue weighted by Gasteiger charge is 2.30. The predicted molar refractivity (Wildman–Crippen MR) is 78.1 cm³/mol. The van der Waals surface area contributed by atoms with Crippen LogP contribution in [-0.2, 0) is 9.59 Å². The van der Waals surface area contributed by atoms with Crippen LogP contribution < -0.4 is 11.3 Å². The lowest BCUT2D eigenvalue weighted by atomic mass is 9.92. The lowest BCUT2D eigenvalue weighted by Gasteiger charge is -2.24. The van der Waals surface area contributed by atoms with Gasteiger partial charge < -0.3 is 5.73 Å². The largest absolute Gasteiger partial charge is 0.398 e. The summed E-state index contributed by atoms with van der Waals surface area (Å²) >= 11 is 0. The summed E-state index contributed by atoms with van der Waals surface area (Å²) in [6, 6.07) is 1.32. The molecule has 0 amide bonds. The van der Waals surface area contributed by atoms with Crippen molar-refractivity contribution in [2.24, 2.45) is 0 Å². The number of anilines is 1. The van der Waals surface area contributed by atoms with Crippen LogP contribution in [0.2, 0.25) is 0 Å². The number of carbonyl (C=O) groups is 2. The fraction of sp³-hybridized carbons (Fsp3) is 0.333. The van der Waals surface area contributed by atoms with E-state index in [1.54, 1.807) is 0 Å². The van der Waals surface area contributed by atoms with Crippen molar-refractivity contribution in [1.82, 2.24) is 9.55 Å². The first kappa shape index (κ1) is 9.44. The van der Waals surface area contributed by atoms with Gasteiger partial charge in [0.2, 0.25) is 0 Å². The summed E-state index contributed by atoms with van der Waals surface area (Å²) < 4.78 is 32.2. The molecule has 2 aromatic rings. The van der Waals surface area contributed by atoms with Gasteiger partial charge in [0.25, 0.3) is 5.56 Å². The van der Waals surface area contributed by atoms with E-state index in [2.05, 4.69) is 4.98 Å². The molecule has 1 saturated carbocycles. The van der Waals surface area contributed by atoms with Gasteiger partial charge in [0, 0.05) is 16.2 Å². The van der Waals surface area contributed by atoms with E-state index in [9.17, 15) is 14.4 Å². The summed E-state index contributed by atoms with van der Waals surface area (Å²) in [4.78, 5) is 41.0. The van der Waals surface area contributed by atoms with Crippen LogP contribution in [0.15, 0.2) is 23.0 Å². The molecule has 1 heterocycles. The van der Waals surface area contributed by atoms with E-state index in [0.29, 0.717) is 0 Å². The molecule has 1 aromatic heterocycles. The Labute approximate surface area is 126 Å². The lowest BCUT2D eigenvalue weighted by molar-refractivity contribution is -0.132. The first-order chi connectivity index (χ1) is 11.8. The summed E-state index contributed by atoms with van der Waals surface area (Å²) in [5.74, 6) is -1.43. The summed E-state index contributed by atoms with van der Waals surface area (Å²) in [5.41, 5.74) is 5.18. The third-order valence-electron chi connectivity index (χ3n) is 3.38. The van der Waals surface area contributed by atoms with Crippen molar-refractivity contribution < 1.29 is 15.1 Å². The van der Waals surface area contributed by atoms with Gasteiger partial charge in [-0.25, -0.2) is 4.98 Å². The number of Topliss-reactive ketones (excluding diaryl/α,β-unsaturated/α-hetero) is 2. The van der Waals surface area contributed by atoms with E-state index >= 15 is 0 Å². The predicted octanol–water partition coefficient (Wildman–Crippen LogP) is 1.15. The van der Waals surface area contributed by atoms with Gasteiger partial charge in [-0.3, -0.25) is 19.0 Å². The minimum atomic E-state index is -1.48. The standard InChI is InChI=1S/C15H15N3O3/c1-8-17-11-4-2-3-10(16)14(11)15(21)18(8)12-6-5-9(19)7-13(12)20/h2-4,12H,5-7,16H2,1H3/i1D,4D,5D,6D. The maximum Gasteiger partial charge on any atom is 0.264 e. The Kier molecular flexibility index (Phi) is 2.16. The number of hydrogen-bond donors (Lipinski definition) is 1. The lowest BCUT2D eigenvalue weighted by Crippen LogP contribution is -2.36. The van der Waals surface area contributed by atoms with Crippen LogP contribution in [0.25, 0.3) is 10.9 Å². The van der Waals surface area contributed by atoms with Gasteiger partial charge >= 0.3 is 0 Å². The number of benzene rings is 1. The van der Waals surface area contributed by atoms with Crippen molar-refractivity contribution in [3.8, 4) is 0 Å². The number of nitrogens with two attached hydrogens (primary N) is 1. The SMILES string of the molecule is [2H]Cc1nc2c([2H])ccc(N)c2c(=O)n1C1C(=O)CC(=O)C([2H])C1[2H]. The third kappa shape index (κ3) is 2.12. The van der Waals surface area contributed by atoms with Crippen LogP contribution >= 0.6 is 0 Å². The average Bonchev–Trinajstić information content (AvgIpc) is 2.57. The van der Waals surface area contributed by atoms with Crippen molar-refractivity contribution in [2.75, 3.05) is 5.73 Å². The first-order valence-corrected chi connectivity index (χ1v) is 6.27. The van der Waals surface area contributed by atoms with Gasteiger partial charge in [-0.05, 0) is 25.4 Å². The van der Waals surface area contributed by atoms with Crippen LogP contribution in [0.4, 0.5) is 5.69 Å². The first-order valence-electron chi connectivity index (χ1n) is 8.63. The molecular weight excluding hydrogens is 270 g/mol. The molecule has 0 saturated heterocycles. The summed E-state index contributed by atoms with van der Waals surface area (Å²) in [6.07, 6.45) is -3.47. The molecule has 1 aromatic carbocycles. The Morgan fingerprint density at radius 2 is 2.33 bits per heavy atom. The maximum atomic E-state index is 13.0. The molecular formula is C15H15N3O3. The highest BCUT2D eigenvalue weighted by Crippen LogP contribution is 2.24.